The van der Waals surface area contributed by atoms with Gasteiger partial charge in [0.25, 0.3) is 0 Å². The van der Waals surface area contributed by atoms with E-state index in [9.17, 15) is 0 Å². The Bertz CT molecular complexity index is 422. The Labute approximate surface area is 127 Å². The molecule has 5 heteroatoms. The lowest BCUT2D eigenvalue weighted by Gasteiger charge is -2.11. The van der Waals surface area contributed by atoms with Gasteiger partial charge in [-0.25, -0.2) is 0 Å². The number of benzene rings is 1. The Morgan fingerprint density at radius 3 is 2.71 bits per heavy atom. The van der Waals surface area contributed by atoms with Crippen molar-refractivity contribution in [2.24, 2.45) is 4.99 Å². The average Bonchev–Trinajstić information content (AvgIpc) is 2.49. The predicted molar refractivity (Wildman–Crippen MR) is 87.1 cm³/mol. The van der Waals surface area contributed by atoms with Gasteiger partial charge in [0.2, 0.25) is 0 Å². The van der Waals surface area contributed by atoms with Gasteiger partial charge in [-0.3, -0.25) is 4.99 Å². The second-order valence-corrected chi connectivity index (χ2v) is 4.65. The van der Waals surface area contributed by atoms with E-state index in [0.717, 1.165) is 43.3 Å². The third-order valence-corrected chi connectivity index (χ3v) is 2.87. The Kier molecular flexibility index (Phi) is 9.04. The number of ether oxygens (including phenoxy) is 2. The Hall–Kier alpha value is -1.75. The molecular formula is C16H27N3O2. The van der Waals surface area contributed by atoms with Gasteiger partial charge in [-0.2, -0.15) is 0 Å². The molecule has 1 aromatic rings. The van der Waals surface area contributed by atoms with E-state index < -0.39 is 0 Å². The van der Waals surface area contributed by atoms with E-state index in [2.05, 4.69) is 35.5 Å². The van der Waals surface area contributed by atoms with Gasteiger partial charge in [0.1, 0.15) is 5.75 Å². The van der Waals surface area contributed by atoms with Gasteiger partial charge in [-0.15, -0.1) is 0 Å². The lowest BCUT2D eigenvalue weighted by molar-refractivity contribution is 0.203. The van der Waals surface area contributed by atoms with Gasteiger partial charge >= 0.3 is 0 Å². The van der Waals surface area contributed by atoms with E-state index >= 15 is 0 Å². The van der Waals surface area contributed by atoms with Crippen LogP contribution in [0.25, 0.3) is 0 Å². The number of para-hydroxylation sites is 1. The molecule has 0 heterocycles. The minimum absolute atomic E-state index is 0.667. The molecular weight excluding hydrogens is 266 g/mol. The summed E-state index contributed by atoms with van der Waals surface area (Å²) in [5.41, 5.74) is 1.16. The molecule has 0 radical (unpaired) electrons. The van der Waals surface area contributed by atoms with Gasteiger partial charge in [-0.1, -0.05) is 18.2 Å². The van der Waals surface area contributed by atoms with Crippen LogP contribution in [0.3, 0.4) is 0 Å². The summed E-state index contributed by atoms with van der Waals surface area (Å²) in [6.45, 7) is 7.77. The first-order valence-corrected chi connectivity index (χ1v) is 7.47. The highest BCUT2D eigenvalue weighted by molar-refractivity contribution is 5.79. The van der Waals surface area contributed by atoms with E-state index in [1.54, 1.807) is 7.11 Å². The Balaban J connectivity index is 2.25. The molecule has 0 unspecified atom stereocenters. The van der Waals surface area contributed by atoms with Crippen LogP contribution in [-0.4, -0.2) is 45.9 Å². The molecule has 0 aliphatic rings. The molecule has 0 saturated heterocycles. The summed E-state index contributed by atoms with van der Waals surface area (Å²) in [7, 11) is 1.69. The molecule has 0 saturated carbocycles. The SMILES string of the molecule is CCNC(=NCCCOc1ccccc1C)NCCOC. The van der Waals surface area contributed by atoms with Crippen LogP contribution < -0.4 is 15.4 Å². The molecule has 118 valence electrons. The number of aliphatic imine (C=N–C) groups is 1. The van der Waals surface area contributed by atoms with E-state index in [1.807, 2.05) is 18.2 Å². The van der Waals surface area contributed by atoms with Crippen molar-refractivity contribution in [3.63, 3.8) is 0 Å². The topological polar surface area (TPSA) is 54.9 Å². The third-order valence-electron chi connectivity index (χ3n) is 2.87. The van der Waals surface area contributed by atoms with Gasteiger partial charge in [-0.05, 0) is 25.5 Å². The minimum Gasteiger partial charge on any atom is -0.493 e. The summed E-state index contributed by atoms with van der Waals surface area (Å²) in [6, 6.07) is 8.05. The molecule has 5 nitrogen and oxygen atoms in total. The minimum atomic E-state index is 0.667. The van der Waals surface area contributed by atoms with Crippen molar-refractivity contribution >= 4 is 5.96 Å². The number of hydrogen-bond acceptors (Lipinski definition) is 3. The molecule has 0 amide bonds. The summed E-state index contributed by atoms with van der Waals surface area (Å²) >= 11 is 0. The maximum atomic E-state index is 5.75. The van der Waals surface area contributed by atoms with Gasteiger partial charge in [0, 0.05) is 33.2 Å². The molecule has 0 spiro atoms. The van der Waals surface area contributed by atoms with Gasteiger partial charge in [0.05, 0.1) is 13.2 Å². The van der Waals surface area contributed by atoms with E-state index in [4.69, 9.17) is 9.47 Å². The fourth-order valence-corrected chi connectivity index (χ4v) is 1.77. The van der Waals surface area contributed by atoms with Crippen molar-refractivity contribution in [3.05, 3.63) is 29.8 Å². The highest BCUT2D eigenvalue weighted by atomic mass is 16.5. The van der Waals surface area contributed by atoms with Crippen LogP contribution in [0.2, 0.25) is 0 Å². The second-order valence-electron chi connectivity index (χ2n) is 4.65. The number of nitrogens with one attached hydrogen (secondary N) is 2. The number of aryl methyl sites for hydroxylation is 1. The zero-order chi connectivity index (χ0) is 15.3. The fourth-order valence-electron chi connectivity index (χ4n) is 1.77. The fraction of sp³-hybridized carbons (Fsp3) is 0.562. The first-order chi connectivity index (χ1) is 10.3. The lowest BCUT2D eigenvalue weighted by Crippen LogP contribution is -2.39. The summed E-state index contributed by atoms with van der Waals surface area (Å²) in [6.07, 6.45) is 0.884. The van der Waals surface area contributed by atoms with Gasteiger partial charge in [0.15, 0.2) is 5.96 Å². The van der Waals surface area contributed by atoms with Crippen LogP contribution in [0.5, 0.6) is 5.75 Å². The molecule has 2 N–H and O–H groups in total. The molecule has 0 aliphatic heterocycles. The monoisotopic (exact) mass is 293 g/mol. The largest absolute Gasteiger partial charge is 0.493 e. The van der Waals surface area contributed by atoms with E-state index in [-0.39, 0.29) is 0 Å². The number of hydrogen-bond donors (Lipinski definition) is 2. The number of rotatable bonds is 9. The normalized spacial score (nSPS) is 11.3. The van der Waals surface area contributed by atoms with Crippen LogP contribution in [0.15, 0.2) is 29.3 Å². The molecule has 0 aromatic heterocycles. The van der Waals surface area contributed by atoms with Crippen LogP contribution in [0.1, 0.15) is 18.9 Å². The highest BCUT2D eigenvalue weighted by Gasteiger charge is 1.98. The zero-order valence-electron chi connectivity index (χ0n) is 13.3. The Morgan fingerprint density at radius 2 is 2.00 bits per heavy atom. The molecule has 0 aliphatic carbocycles. The smallest absolute Gasteiger partial charge is 0.191 e. The van der Waals surface area contributed by atoms with Crippen molar-refractivity contribution in [2.75, 3.05) is 40.0 Å². The molecule has 0 atom stereocenters. The molecule has 1 aromatic carbocycles. The predicted octanol–water partition coefficient (Wildman–Crippen LogP) is 1.97. The highest BCUT2D eigenvalue weighted by Crippen LogP contribution is 2.15. The summed E-state index contributed by atoms with van der Waals surface area (Å²) < 4.78 is 10.8. The first kappa shape index (κ1) is 17.3. The summed E-state index contributed by atoms with van der Waals surface area (Å²) in [4.78, 5) is 4.50. The van der Waals surface area contributed by atoms with Crippen molar-refractivity contribution < 1.29 is 9.47 Å². The van der Waals surface area contributed by atoms with Crippen molar-refractivity contribution in [2.45, 2.75) is 20.3 Å². The molecule has 0 bridgehead atoms. The van der Waals surface area contributed by atoms with Crippen molar-refractivity contribution in [1.29, 1.82) is 0 Å². The van der Waals surface area contributed by atoms with E-state index in [0.29, 0.717) is 13.2 Å². The lowest BCUT2D eigenvalue weighted by atomic mass is 10.2. The average molecular weight is 293 g/mol. The standard InChI is InChI=1S/C16H27N3O2/c1-4-17-16(19-11-13-20-3)18-10-7-12-21-15-9-6-5-8-14(15)2/h5-6,8-9H,4,7,10-13H2,1-3H3,(H2,17,18,19). The first-order valence-electron chi connectivity index (χ1n) is 7.47. The molecule has 0 fully saturated rings. The number of guanidine groups is 1. The van der Waals surface area contributed by atoms with Crippen LogP contribution in [0.4, 0.5) is 0 Å². The quantitative estimate of drug-likeness (QED) is 0.415. The van der Waals surface area contributed by atoms with E-state index in [1.165, 1.54) is 0 Å². The van der Waals surface area contributed by atoms with Crippen LogP contribution >= 0.6 is 0 Å². The second kappa shape index (κ2) is 11.0. The van der Waals surface area contributed by atoms with Crippen molar-refractivity contribution in [1.82, 2.24) is 10.6 Å². The summed E-state index contributed by atoms with van der Waals surface area (Å²) in [5, 5.41) is 6.41. The zero-order valence-corrected chi connectivity index (χ0v) is 13.3. The number of nitrogens with zero attached hydrogens (tertiary/aromatic N) is 1. The summed E-state index contributed by atoms with van der Waals surface area (Å²) in [5.74, 6) is 1.78. The van der Waals surface area contributed by atoms with Crippen LogP contribution in [-0.2, 0) is 4.74 Å². The van der Waals surface area contributed by atoms with Gasteiger partial charge < -0.3 is 20.1 Å². The number of methoxy groups -OCH3 is 1. The van der Waals surface area contributed by atoms with Crippen molar-refractivity contribution in [3.8, 4) is 5.75 Å². The molecule has 21 heavy (non-hydrogen) atoms. The molecule has 1 rings (SSSR count). The van der Waals surface area contributed by atoms with Crippen LogP contribution in [0, 0.1) is 6.92 Å². The maximum Gasteiger partial charge on any atom is 0.191 e. The Morgan fingerprint density at radius 1 is 1.19 bits per heavy atom. The maximum absolute atomic E-state index is 5.75. The third kappa shape index (κ3) is 7.56.